The monoisotopic (exact) mass is 442 g/mol. The molecule has 7 heteroatoms. The van der Waals surface area contributed by atoms with Crippen LogP contribution in [0.1, 0.15) is 28.7 Å². The second-order valence-electron chi connectivity index (χ2n) is 7.97. The number of aryl methyl sites for hydroxylation is 1. The predicted octanol–water partition coefficient (Wildman–Crippen LogP) is 4.70. The van der Waals surface area contributed by atoms with E-state index in [0.29, 0.717) is 22.8 Å². The van der Waals surface area contributed by atoms with Gasteiger partial charge in [0.2, 0.25) is 0 Å². The zero-order chi connectivity index (χ0) is 23.1. The lowest BCUT2D eigenvalue weighted by molar-refractivity contribution is -0.140. The fourth-order valence-corrected chi connectivity index (χ4v) is 4.32. The first-order valence-electron chi connectivity index (χ1n) is 10.5. The molecule has 1 unspecified atom stereocenters. The molecule has 1 aliphatic heterocycles. The minimum atomic E-state index is -0.862. The minimum Gasteiger partial charge on any atom is -0.507 e. The Hall–Kier alpha value is -4.26. The summed E-state index contributed by atoms with van der Waals surface area (Å²) in [5.41, 5.74) is 2.06. The molecule has 0 bridgehead atoms. The first-order valence-corrected chi connectivity index (χ1v) is 10.5. The Morgan fingerprint density at radius 3 is 2.70 bits per heavy atom. The number of carbonyl (C=O) groups is 2. The Bertz CT molecular complexity index is 1410. The van der Waals surface area contributed by atoms with E-state index in [1.165, 1.54) is 4.90 Å². The maximum atomic E-state index is 13.2. The summed E-state index contributed by atoms with van der Waals surface area (Å²) in [7, 11) is 1.57. The van der Waals surface area contributed by atoms with Crippen LogP contribution in [0.25, 0.3) is 16.7 Å². The van der Waals surface area contributed by atoms with E-state index >= 15 is 0 Å². The number of nitrogens with one attached hydrogen (secondary N) is 1. The summed E-state index contributed by atoms with van der Waals surface area (Å²) in [6.07, 6.45) is 1.64. The van der Waals surface area contributed by atoms with Crippen LogP contribution in [0.15, 0.2) is 76.9 Å². The second kappa shape index (κ2) is 8.02. The van der Waals surface area contributed by atoms with Gasteiger partial charge in [0.05, 0.1) is 12.7 Å². The number of likely N-dealkylation sites (tertiary alicyclic amines) is 1. The number of aromatic nitrogens is 1. The van der Waals surface area contributed by atoms with E-state index in [0.717, 1.165) is 16.5 Å². The number of para-hydroxylation sites is 1. The average Bonchev–Trinajstić information content (AvgIpc) is 3.51. The highest BCUT2D eigenvalue weighted by Gasteiger charge is 2.47. The van der Waals surface area contributed by atoms with Crippen molar-refractivity contribution in [1.29, 1.82) is 0 Å². The van der Waals surface area contributed by atoms with Gasteiger partial charge >= 0.3 is 0 Å². The standard InChI is InChI=1S/C26H22N2O5/c1-15-10-11-21(33-15)23-22(24(29)19-13-27-20-9-4-3-8-18(19)20)25(30)26(31)28(23)14-16-6-5-7-17(12-16)32-2/h3-13,23,27,29H,14H2,1-2H3/b24-22-. The molecule has 0 aliphatic carbocycles. The Morgan fingerprint density at radius 2 is 1.94 bits per heavy atom. The number of aliphatic hydroxyl groups is 1. The van der Waals surface area contributed by atoms with Crippen molar-refractivity contribution < 1.29 is 23.8 Å². The number of aliphatic hydroxyl groups excluding tert-OH is 1. The first kappa shape index (κ1) is 20.6. The fraction of sp³-hybridized carbons (Fsp3) is 0.154. The van der Waals surface area contributed by atoms with Crippen LogP contribution in [-0.4, -0.2) is 33.8 Å². The number of furan rings is 1. The number of methoxy groups -OCH3 is 1. The molecule has 1 aliphatic rings. The Balaban J connectivity index is 1.66. The number of Topliss-reactive ketones (excluding diaryl/α,β-unsaturated/α-hetero) is 1. The van der Waals surface area contributed by atoms with Crippen LogP contribution in [0.2, 0.25) is 0 Å². The average molecular weight is 442 g/mol. The lowest BCUT2D eigenvalue weighted by Gasteiger charge is -2.23. The van der Waals surface area contributed by atoms with Crippen LogP contribution in [0.3, 0.4) is 0 Å². The highest BCUT2D eigenvalue weighted by atomic mass is 16.5. The Kier molecular flexibility index (Phi) is 5.01. The number of carbonyl (C=O) groups excluding carboxylic acids is 2. The number of benzene rings is 2. The van der Waals surface area contributed by atoms with Gasteiger partial charge in [-0.1, -0.05) is 30.3 Å². The van der Waals surface area contributed by atoms with Gasteiger partial charge in [-0.05, 0) is 42.8 Å². The van der Waals surface area contributed by atoms with Crippen LogP contribution >= 0.6 is 0 Å². The van der Waals surface area contributed by atoms with Gasteiger partial charge in [-0.3, -0.25) is 9.59 Å². The van der Waals surface area contributed by atoms with Gasteiger partial charge in [-0.2, -0.15) is 0 Å². The molecule has 166 valence electrons. The van der Waals surface area contributed by atoms with E-state index < -0.39 is 17.7 Å². The van der Waals surface area contributed by atoms with E-state index in [-0.39, 0.29) is 17.9 Å². The van der Waals surface area contributed by atoms with Gasteiger partial charge in [0.15, 0.2) is 0 Å². The fourth-order valence-electron chi connectivity index (χ4n) is 4.32. The third-order valence-electron chi connectivity index (χ3n) is 5.90. The summed E-state index contributed by atoms with van der Waals surface area (Å²) in [5.74, 6) is 0.0179. The van der Waals surface area contributed by atoms with Crippen molar-refractivity contribution in [3.05, 3.63) is 95.1 Å². The normalized spacial score (nSPS) is 17.8. The third kappa shape index (κ3) is 3.47. The van der Waals surface area contributed by atoms with Crippen molar-refractivity contribution >= 4 is 28.4 Å². The molecule has 2 aromatic heterocycles. The molecule has 3 heterocycles. The molecule has 0 saturated carbocycles. The number of nitrogens with zero attached hydrogens (tertiary/aromatic N) is 1. The summed E-state index contributed by atoms with van der Waals surface area (Å²) < 4.78 is 11.1. The maximum absolute atomic E-state index is 13.2. The van der Waals surface area contributed by atoms with Crippen molar-refractivity contribution in [1.82, 2.24) is 9.88 Å². The van der Waals surface area contributed by atoms with Gasteiger partial charge in [0.25, 0.3) is 11.7 Å². The second-order valence-corrected chi connectivity index (χ2v) is 7.97. The van der Waals surface area contributed by atoms with Crippen molar-refractivity contribution in [3.8, 4) is 5.75 Å². The van der Waals surface area contributed by atoms with Gasteiger partial charge in [-0.15, -0.1) is 0 Å². The number of ketones is 1. The smallest absolute Gasteiger partial charge is 0.296 e. The number of ether oxygens (including phenoxy) is 1. The molecular formula is C26H22N2O5. The van der Waals surface area contributed by atoms with Crippen LogP contribution in [0.4, 0.5) is 0 Å². The highest BCUT2D eigenvalue weighted by Crippen LogP contribution is 2.42. The molecule has 1 fully saturated rings. The molecule has 5 rings (SSSR count). The molecule has 4 aromatic rings. The molecule has 1 atom stereocenters. The zero-order valence-corrected chi connectivity index (χ0v) is 18.2. The summed E-state index contributed by atoms with van der Waals surface area (Å²) in [6.45, 7) is 1.94. The third-order valence-corrected chi connectivity index (χ3v) is 5.90. The van der Waals surface area contributed by atoms with Crippen LogP contribution in [0, 0.1) is 6.92 Å². The van der Waals surface area contributed by atoms with E-state index in [1.54, 1.807) is 32.4 Å². The predicted molar refractivity (Wildman–Crippen MR) is 123 cm³/mol. The number of fused-ring (bicyclic) bond motifs is 1. The molecule has 0 spiro atoms. The Morgan fingerprint density at radius 1 is 1.12 bits per heavy atom. The number of amides is 1. The maximum Gasteiger partial charge on any atom is 0.296 e. The molecule has 0 radical (unpaired) electrons. The number of rotatable bonds is 5. The molecule has 1 saturated heterocycles. The van der Waals surface area contributed by atoms with Gasteiger partial charge < -0.3 is 24.1 Å². The molecule has 2 aromatic carbocycles. The number of hydrogen-bond acceptors (Lipinski definition) is 5. The largest absolute Gasteiger partial charge is 0.507 e. The highest BCUT2D eigenvalue weighted by molar-refractivity contribution is 6.46. The summed E-state index contributed by atoms with van der Waals surface area (Å²) in [6, 6.07) is 17.4. The quantitative estimate of drug-likeness (QED) is 0.265. The van der Waals surface area contributed by atoms with Crippen LogP contribution < -0.4 is 4.74 Å². The number of hydrogen-bond donors (Lipinski definition) is 2. The van der Waals surface area contributed by atoms with Gasteiger partial charge in [0, 0.05) is 29.2 Å². The van der Waals surface area contributed by atoms with Gasteiger partial charge in [0.1, 0.15) is 29.1 Å². The lowest BCUT2D eigenvalue weighted by atomic mass is 9.99. The lowest BCUT2D eigenvalue weighted by Crippen LogP contribution is -2.29. The molecule has 2 N–H and O–H groups in total. The van der Waals surface area contributed by atoms with E-state index in [2.05, 4.69) is 4.98 Å². The topological polar surface area (TPSA) is 95.8 Å². The Labute approximate surface area is 189 Å². The molecule has 7 nitrogen and oxygen atoms in total. The van der Waals surface area contributed by atoms with Crippen LogP contribution in [0.5, 0.6) is 5.75 Å². The first-order chi connectivity index (χ1) is 16.0. The summed E-state index contributed by atoms with van der Waals surface area (Å²) in [4.78, 5) is 30.9. The summed E-state index contributed by atoms with van der Waals surface area (Å²) >= 11 is 0. The molecule has 33 heavy (non-hydrogen) atoms. The van der Waals surface area contributed by atoms with Crippen molar-refractivity contribution in [2.45, 2.75) is 19.5 Å². The summed E-state index contributed by atoms with van der Waals surface area (Å²) in [5, 5.41) is 12.1. The minimum absolute atomic E-state index is 0.00185. The number of aromatic amines is 1. The van der Waals surface area contributed by atoms with E-state index in [1.807, 2.05) is 48.5 Å². The molecule has 1 amide bonds. The van der Waals surface area contributed by atoms with Crippen molar-refractivity contribution in [3.63, 3.8) is 0 Å². The van der Waals surface area contributed by atoms with E-state index in [9.17, 15) is 14.7 Å². The van der Waals surface area contributed by atoms with Crippen LogP contribution in [-0.2, 0) is 16.1 Å². The van der Waals surface area contributed by atoms with Crippen molar-refractivity contribution in [2.24, 2.45) is 0 Å². The van der Waals surface area contributed by atoms with Gasteiger partial charge in [-0.25, -0.2) is 0 Å². The van der Waals surface area contributed by atoms with Crippen molar-refractivity contribution in [2.75, 3.05) is 7.11 Å². The zero-order valence-electron chi connectivity index (χ0n) is 18.2. The number of H-pyrrole nitrogens is 1. The molecular weight excluding hydrogens is 420 g/mol. The van der Waals surface area contributed by atoms with E-state index in [4.69, 9.17) is 9.15 Å². The SMILES string of the molecule is COc1cccc(CN2C(=O)C(=O)/C(=C(\O)c3c[nH]c4ccccc34)C2c2ccc(C)o2)c1.